The van der Waals surface area contributed by atoms with Gasteiger partial charge in [-0.25, -0.2) is 4.79 Å². The molecule has 0 bridgehead atoms. The van der Waals surface area contributed by atoms with E-state index in [0.717, 1.165) is 5.75 Å². The lowest BCUT2D eigenvalue weighted by atomic mass is 10.3. The first-order chi connectivity index (χ1) is 5.75. The average molecular weight is 186 g/mol. The second-order valence-electron chi connectivity index (χ2n) is 2.26. The van der Waals surface area contributed by atoms with Gasteiger partial charge in [-0.2, -0.15) is 0 Å². The monoisotopic (exact) mass is 186 g/mol. The van der Waals surface area contributed by atoms with E-state index >= 15 is 0 Å². The molecule has 0 saturated carbocycles. The normalized spacial score (nSPS) is 16.3. The number of hydrogen-bond donors (Lipinski definition) is 1. The molecule has 0 saturated heterocycles. The van der Waals surface area contributed by atoms with Gasteiger partial charge < -0.3 is 9.84 Å². The molecule has 0 radical (unpaired) electrons. The van der Waals surface area contributed by atoms with Crippen LogP contribution in [0.4, 0.5) is 0 Å². The lowest BCUT2D eigenvalue weighted by Crippen LogP contribution is -2.05. The first kappa shape index (κ1) is 9.19. The minimum absolute atomic E-state index is 0.147. The highest BCUT2D eigenvalue weighted by molar-refractivity contribution is 8.04. The van der Waals surface area contributed by atoms with Crippen LogP contribution in [0.15, 0.2) is 23.3 Å². The smallest absolute Gasteiger partial charge is 0.348 e. The van der Waals surface area contributed by atoms with Gasteiger partial charge in [0.25, 0.3) is 0 Å². The van der Waals surface area contributed by atoms with Crippen molar-refractivity contribution in [1.82, 2.24) is 0 Å². The molecule has 1 rings (SSSR count). The minimum Gasteiger partial charge on any atom is -0.511 e. The van der Waals surface area contributed by atoms with Gasteiger partial charge in [-0.1, -0.05) is 12.7 Å². The third-order valence-electron chi connectivity index (χ3n) is 1.37. The third-order valence-corrected chi connectivity index (χ3v) is 2.46. The molecule has 0 aromatic heterocycles. The number of aliphatic hydroxyl groups is 1. The van der Waals surface area contributed by atoms with Crippen LogP contribution in [0.25, 0.3) is 0 Å². The molecule has 0 amide bonds. The zero-order chi connectivity index (χ0) is 8.97. The first-order valence-electron chi connectivity index (χ1n) is 3.58. The van der Waals surface area contributed by atoms with E-state index in [1.54, 1.807) is 0 Å². The standard InChI is InChI=1S/C8H10O3S/c1-2-4-11-8(10)7-6(9)3-5-12-7/h2,9H,1,3-5H2. The predicted octanol–water partition coefficient (Wildman–Crippen LogP) is 1.62. The maximum atomic E-state index is 11.1. The summed E-state index contributed by atoms with van der Waals surface area (Å²) in [6.45, 7) is 3.61. The molecule has 0 atom stereocenters. The number of ether oxygens (including phenoxy) is 1. The Balaban J connectivity index is 2.51. The summed E-state index contributed by atoms with van der Waals surface area (Å²) in [7, 11) is 0. The molecule has 0 unspecified atom stereocenters. The largest absolute Gasteiger partial charge is 0.511 e. The second-order valence-corrected chi connectivity index (χ2v) is 3.37. The Morgan fingerprint density at radius 1 is 1.83 bits per heavy atom. The van der Waals surface area contributed by atoms with Crippen LogP contribution in [0.2, 0.25) is 0 Å². The highest BCUT2D eigenvalue weighted by Gasteiger charge is 2.22. The van der Waals surface area contributed by atoms with Gasteiger partial charge >= 0.3 is 5.97 Å². The number of carbonyl (C=O) groups is 1. The van der Waals surface area contributed by atoms with Gasteiger partial charge in [0.15, 0.2) is 0 Å². The van der Waals surface area contributed by atoms with E-state index in [-0.39, 0.29) is 12.4 Å². The van der Waals surface area contributed by atoms with Crippen LogP contribution in [-0.2, 0) is 9.53 Å². The Morgan fingerprint density at radius 3 is 3.08 bits per heavy atom. The molecule has 4 heteroatoms. The molecule has 0 aromatic carbocycles. The van der Waals surface area contributed by atoms with Crippen molar-refractivity contribution in [3.05, 3.63) is 23.3 Å². The van der Waals surface area contributed by atoms with Crippen molar-refractivity contribution in [1.29, 1.82) is 0 Å². The Hall–Kier alpha value is -0.900. The second kappa shape index (κ2) is 4.21. The zero-order valence-electron chi connectivity index (χ0n) is 6.58. The molecule has 66 valence electrons. The number of hydrogen-bond acceptors (Lipinski definition) is 4. The van der Waals surface area contributed by atoms with Crippen molar-refractivity contribution >= 4 is 17.7 Å². The minimum atomic E-state index is -0.449. The summed E-state index contributed by atoms with van der Waals surface area (Å²) in [5, 5.41) is 9.19. The van der Waals surface area contributed by atoms with Crippen molar-refractivity contribution < 1.29 is 14.6 Å². The fraction of sp³-hybridized carbons (Fsp3) is 0.375. The average Bonchev–Trinajstić information content (AvgIpc) is 2.47. The fourth-order valence-electron chi connectivity index (χ4n) is 0.824. The maximum Gasteiger partial charge on any atom is 0.348 e. The first-order valence-corrected chi connectivity index (χ1v) is 4.57. The number of carbonyl (C=O) groups excluding carboxylic acids is 1. The summed E-state index contributed by atoms with van der Waals surface area (Å²) >= 11 is 1.33. The van der Waals surface area contributed by atoms with Crippen molar-refractivity contribution in [3.8, 4) is 0 Å². The van der Waals surface area contributed by atoms with Gasteiger partial charge in [-0.3, -0.25) is 0 Å². The van der Waals surface area contributed by atoms with E-state index in [1.165, 1.54) is 17.8 Å². The van der Waals surface area contributed by atoms with Gasteiger partial charge in [-0.05, 0) is 0 Å². The summed E-state index contributed by atoms with van der Waals surface area (Å²) in [5.41, 5.74) is 0. The van der Waals surface area contributed by atoms with E-state index in [1.807, 2.05) is 0 Å². The molecule has 1 aliphatic heterocycles. The van der Waals surface area contributed by atoms with Gasteiger partial charge in [0.2, 0.25) is 0 Å². The van der Waals surface area contributed by atoms with Gasteiger partial charge in [0.05, 0.1) is 0 Å². The summed E-state index contributed by atoms with van der Waals surface area (Å²) in [6, 6.07) is 0. The van der Waals surface area contributed by atoms with Crippen LogP contribution < -0.4 is 0 Å². The summed E-state index contributed by atoms with van der Waals surface area (Å²) < 4.78 is 4.75. The molecule has 3 nitrogen and oxygen atoms in total. The Bertz CT molecular complexity index is 232. The Morgan fingerprint density at radius 2 is 2.58 bits per heavy atom. The van der Waals surface area contributed by atoms with Crippen LogP contribution >= 0.6 is 11.8 Å². The number of allylic oxidation sites excluding steroid dienone is 1. The van der Waals surface area contributed by atoms with Gasteiger partial charge in [0, 0.05) is 12.2 Å². The number of aliphatic hydroxyl groups excluding tert-OH is 1. The molecular formula is C8H10O3S. The number of esters is 1. The molecule has 0 fully saturated rings. The molecule has 1 N–H and O–H groups in total. The topological polar surface area (TPSA) is 46.5 Å². The quantitative estimate of drug-likeness (QED) is 0.537. The van der Waals surface area contributed by atoms with E-state index in [4.69, 9.17) is 4.74 Å². The molecule has 1 aliphatic rings. The van der Waals surface area contributed by atoms with Crippen LogP contribution in [0, 0.1) is 0 Å². The molecule has 0 aromatic rings. The molecule has 12 heavy (non-hydrogen) atoms. The van der Waals surface area contributed by atoms with Crippen LogP contribution in [-0.4, -0.2) is 23.4 Å². The SMILES string of the molecule is C=CCOC(=O)C1=C(O)CCS1. The van der Waals surface area contributed by atoms with Crippen molar-refractivity contribution in [2.24, 2.45) is 0 Å². The molecule has 1 heterocycles. The highest BCUT2D eigenvalue weighted by Crippen LogP contribution is 2.30. The molecular weight excluding hydrogens is 176 g/mol. The van der Waals surface area contributed by atoms with Gasteiger partial charge in [0.1, 0.15) is 17.3 Å². The summed E-state index contributed by atoms with van der Waals surface area (Å²) in [5.74, 6) is 0.452. The molecule has 0 spiro atoms. The van der Waals surface area contributed by atoms with Crippen LogP contribution in [0.5, 0.6) is 0 Å². The lowest BCUT2D eigenvalue weighted by molar-refractivity contribution is -0.137. The van der Waals surface area contributed by atoms with E-state index in [2.05, 4.69) is 6.58 Å². The van der Waals surface area contributed by atoms with Crippen LogP contribution in [0.1, 0.15) is 6.42 Å². The van der Waals surface area contributed by atoms with Crippen molar-refractivity contribution in [2.75, 3.05) is 12.4 Å². The van der Waals surface area contributed by atoms with Crippen LogP contribution in [0.3, 0.4) is 0 Å². The summed E-state index contributed by atoms with van der Waals surface area (Å²) in [6.07, 6.45) is 2.05. The van der Waals surface area contributed by atoms with E-state index < -0.39 is 5.97 Å². The van der Waals surface area contributed by atoms with Crippen molar-refractivity contribution in [2.45, 2.75) is 6.42 Å². The number of rotatable bonds is 3. The predicted molar refractivity (Wildman–Crippen MR) is 47.9 cm³/mol. The van der Waals surface area contributed by atoms with Crippen molar-refractivity contribution in [3.63, 3.8) is 0 Å². The molecule has 0 aliphatic carbocycles. The third kappa shape index (κ3) is 2.04. The Kier molecular flexibility index (Phi) is 3.22. The number of thioether (sulfide) groups is 1. The fourth-order valence-corrected chi connectivity index (χ4v) is 1.77. The highest BCUT2D eigenvalue weighted by atomic mass is 32.2. The van der Waals surface area contributed by atoms with Gasteiger partial charge in [-0.15, -0.1) is 11.8 Å². The zero-order valence-corrected chi connectivity index (χ0v) is 7.39. The van der Waals surface area contributed by atoms with E-state index in [0.29, 0.717) is 11.3 Å². The summed E-state index contributed by atoms with van der Waals surface area (Å²) in [4.78, 5) is 11.5. The van der Waals surface area contributed by atoms with E-state index in [9.17, 15) is 9.90 Å². The maximum absolute atomic E-state index is 11.1. The Labute approximate surface area is 75.1 Å². The lowest BCUT2D eigenvalue weighted by Gasteiger charge is -2.01.